The summed E-state index contributed by atoms with van der Waals surface area (Å²) in [5, 5.41) is 25.4. The van der Waals surface area contributed by atoms with Gasteiger partial charge < -0.3 is 15.5 Å². The minimum absolute atomic E-state index is 0.0421. The molecule has 11 heteroatoms. The molecule has 1 amide bonds. The van der Waals surface area contributed by atoms with Crippen molar-refractivity contribution in [3.8, 4) is 0 Å². The highest BCUT2D eigenvalue weighted by Gasteiger charge is 2.29. The minimum atomic E-state index is -3.49. The van der Waals surface area contributed by atoms with Gasteiger partial charge in [0.1, 0.15) is 11.8 Å². The van der Waals surface area contributed by atoms with E-state index < -0.39 is 34.2 Å². The Labute approximate surface area is 180 Å². The lowest BCUT2D eigenvalue weighted by Crippen LogP contribution is -2.49. The Hall–Kier alpha value is -2.08. The van der Waals surface area contributed by atoms with Crippen LogP contribution in [-0.4, -0.2) is 66.1 Å². The van der Waals surface area contributed by atoms with Gasteiger partial charge in [0.2, 0.25) is 10.0 Å². The van der Waals surface area contributed by atoms with E-state index in [9.17, 15) is 23.4 Å². The first-order chi connectivity index (χ1) is 14.1. The third kappa shape index (κ3) is 6.73. The number of aliphatic hydroxyl groups excluding tert-OH is 2. The molecule has 0 bridgehead atoms. The summed E-state index contributed by atoms with van der Waals surface area (Å²) in [6, 6.07) is 2.78. The van der Waals surface area contributed by atoms with E-state index in [1.807, 2.05) is 6.92 Å². The monoisotopic (exact) mass is 456 g/mol. The van der Waals surface area contributed by atoms with Crippen LogP contribution < -0.4 is 9.62 Å². The SMILES string of the molecule is CCCCC(O)C(O)C(Cc1ccncc1)NC(=O)c1csc(N(C)S(C)(=O)=O)n1. The van der Waals surface area contributed by atoms with Gasteiger partial charge in [0.05, 0.1) is 18.4 Å². The van der Waals surface area contributed by atoms with Crippen molar-refractivity contribution < 1.29 is 23.4 Å². The quantitative estimate of drug-likeness (QED) is 0.462. The number of hydrogen-bond acceptors (Lipinski definition) is 8. The smallest absolute Gasteiger partial charge is 0.271 e. The van der Waals surface area contributed by atoms with Crippen LogP contribution in [0.4, 0.5) is 5.13 Å². The molecule has 3 N–H and O–H groups in total. The van der Waals surface area contributed by atoms with Crippen LogP contribution in [0.25, 0.3) is 0 Å². The molecule has 9 nitrogen and oxygen atoms in total. The number of thiazole rings is 1. The number of anilines is 1. The van der Waals surface area contributed by atoms with E-state index in [2.05, 4.69) is 15.3 Å². The molecule has 2 aromatic heterocycles. The summed E-state index contributed by atoms with van der Waals surface area (Å²) in [6.07, 6.45) is 4.45. The second kappa shape index (κ2) is 10.8. The summed E-state index contributed by atoms with van der Waals surface area (Å²) in [4.78, 5) is 20.8. The van der Waals surface area contributed by atoms with Gasteiger partial charge in [-0.1, -0.05) is 19.8 Å². The molecule has 0 aliphatic heterocycles. The molecule has 0 spiro atoms. The fourth-order valence-electron chi connectivity index (χ4n) is 2.78. The summed E-state index contributed by atoms with van der Waals surface area (Å²) in [5.41, 5.74) is 0.883. The van der Waals surface area contributed by atoms with Gasteiger partial charge in [0.15, 0.2) is 5.13 Å². The number of carbonyl (C=O) groups excluding carboxylic acids is 1. The number of rotatable bonds is 11. The van der Waals surface area contributed by atoms with Gasteiger partial charge in [-0.25, -0.2) is 17.7 Å². The van der Waals surface area contributed by atoms with E-state index in [1.165, 1.54) is 12.4 Å². The van der Waals surface area contributed by atoms with Crippen LogP contribution in [0.2, 0.25) is 0 Å². The highest BCUT2D eigenvalue weighted by molar-refractivity contribution is 7.92. The van der Waals surface area contributed by atoms with Gasteiger partial charge in [-0.3, -0.25) is 9.78 Å². The maximum atomic E-state index is 12.7. The third-order valence-corrected chi connectivity index (χ3v) is 6.87. The molecule has 0 aromatic carbocycles. The van der Waals surface area contributed by atoms with Crippen molar-refractivity contribution in [2.24, 2.45) is 0 Å². The number of aliphatic hydroxyl groups is 2. The number of amides is 1. The van der Waals surface area contributed by atoms with Gasteiger partial charge in [0.25, 0.3) is 5.91 Å². The number of unbranched alkanes of at least 4 members (excludes halogenated alkanes) is 1. The topological polar surface area (TPSA) is 133 Å². The van der Waals surface area contributed by atoms with E-state index in [1.54, 1.807) is 24.5 Å². The number of nitrogens with zero attached hydrogens (tertiary/aromatic N) is 3. The number of carbonyl (C=O) groups is 1. The number of hydrogen-bond donors (Lipinski definition) is 3. The predicted octanol–water partition coefficient (Wildman–Crippen LogP) is 1.19. The Balaban J connectivity index is 2.18. The fourth-order valence-corrected chi connectivity index (χ4v) is 4.32. The van der Waals surface area contributed by atoms with Crippen LogP contribution >= 0.6 is 11.3 Å². The summed E-state index contributed by atoms with van der Waals surface area (Å²) >= 11 is 1.02. The molecule has 2 heterocycles. The lowest BCUT2D eigenvalue weighted by atomic mass is 9.95. The van der Waals surface area contributed by atoms with Crippen LogP contribution in [0.5, 0.6) is 0 Å². The molecule has 166 valence electrons. The number of aromatic nitrogens is 2. The first-order valence-electron chi connectivity index (χ1n) is 9.58. The zero-order chi connectivity index (χ0) is 22.3. The van der Waals surface area contributed by atoms with Gasteiger partial charge in [-0.15, -0.1) is 11.3 Å². The molecule has 0 saturated carbocycles. The van der Waals surface area contributed by atoms with E-state index in [4.69, 9.17) is 0 Å². The van der Waals surface area contributed by atoms with Crippen LogP contribution in [0.15, 0.2) is 29.9 Å². The van der Waals surface area contributed by atoms with Crippen molar-refractivity contribution in [1.29, 1.82) is 0 Å². The molecular formula is C19H28N4O5S2. The van der Waals surface area contributed by atoms with Crippen molar-refractivity contribution in [1.82, 2.24) is 15.3 Å². The summed E-state index contributed by atoms with van der Waals surface area (Å²) in [7, 11) is -2.14. The van der Waals surface area contributed by atoms with Crippen molar-refractivity contribution in [3.05, 3.63) is 41.2 Å². The predicted molar refractivity (Wildman–Crippen MR) is 116 cm³/mol. The van der Waals surface area contributed by atoms with E-state index >= 15 is 0 Å². The molecule has 0 aliphatic rings. The Kier molecular flexibility index (Phi) is 8.71. The molecule has 2 aromatic rings. The van der Waals surface area contributed by atoms with Crippen LogP contribution in [0, 0.1) is 0 Å². The first-order valence-corrected chi connectivity index (χ1v) is 12.3. The zero-order valence-corrected chi connectivity index (χ0v) is 18.9. The second-order valence-corrected chi connectivity index (χ2v) is 9.94. The Morgan fingerprint density at radius 2 is 1.97 bits per heavy atom. The summed E-state index contributed by atoms with van der Waals surface area (Å²) in [5.74, 6) is -0.555. The highest BCUT2D eigenvalue weighted by atomic mass is 32.2. The lowest BCUT2D eigenvalue weighted by molar-refractivity contribution is -0.00817. The standard InChI is InChI=1S/C19H28N4O5S2/c1-4-5-6-16(24)17(25)14(11-13-7-9-20-10-8-13)21-18(26)15-12-29-19(22-15)23(2)30(3,27)28/h7-10,12,14,16-17,24-25H,4-6,11H2,1-3H3,(H,21,26). The molecule has 0 radical (unpaired) electrons. The van der Waals surface area contributed by atoms with E-state index in [0.717, 1.165) is 40.3 Å². The number of nitrogens with one attached hydrogen (secondary N) is 1. The maximum absolute atomic E-state index is 12.7. The largest absolute Gasteiger partial charge is 0.390 e. The normalized spacial score (nSPS) is 14.7. The molecule has 0 aliphatic carbocycles. The van der Waals surface area contributed by atoms with Crippen LogP contribution in [-0.2, 0) is 16.4 Å². The Morgan fingerprint density at radius 1 is 1.30 bits per heavy atom. The minimum Gasteiger partial charge on any atom is -0.390 e. The van der Waals surface area contributed by atoms with E-state index in [0.29, 0.717) is 12.8 Å². The van der Waals surface area contributed by atoms with Crippen molar-refractivity contribution >= 4 is 32.4 Å². The zero-order valence-electron chi connectivity index (χ0n) is 17.2. The highest BCUT2D eigenvalue weighted by Crippen LogP contribution is 2.22. The summed E-state index contributed by atoms with van der Waals surface area (Å²) < 4.78 is 24.3. The number of sulfonamides is 1. The fraction of sp³-hybridized carbons (Fsp3) is 0.526. The van der Waals surface area contributed by atoms with Gasteiger partial charge in [0, 0.05) is 24.8 Å². The molecular weight excluding hydrogens is 428 g/mol. The average Bonchev–Trinajstić information content (AvgIpc) is 3.20. The second-order valence-electron chi connectivity index (χ2n) is 7.09. The molecule has 30 heavy (non-hydrogen) atoms. The van der Waals surface area contributed by atoms with Gasteiger partial charge >= 0.3 is 0 Å². The molecule has 3 atom stereocenters. The molecule has 2 rings (SSSR count). The van der Waals surface area contributed by atoms with Gasteiger partial charge in [-0.2, -0.15) is 0 Å². The Morgan fingerprint density at radius 3 is 2.57 bits per heavy atom. The average molecular weight is 457 g/mol. The third-order valence-electron chi connectivity index (χ3n) is 4.67. The van der Waals surface area contributed by atoms with Crippen molar-refractivity contribution in [3.63, 3.8) is 0 Å². The Bertz CT molecular complexity index is 920. The van der Waals surface area contributed by atoms with Gasteiger partial charge in [-0.05, 0) is 30.5 Å². The van der Waals surface area contributed by atoms with Crippen LogP contribution in [0.3, 0.4) is 0 Å². The molecule has 0 fully saturated rings. The number of pyridine rings is 1. The summed E-state index contributed by atoms with van der Waals surface area (Å²) in [6.45, 7) is 1.99. The molecule has 3 unspecified atom stereocenters. The first kappa shape index (κ1) is 24.2. The van der Waals surface area contributed by atoms with Crippen LogP contribution in [0.1, 0.15) is 42.2 Å². The van der Waals surface area contributed by atoms with Crippen molar-refractivity contribution in [2.75, 3.05) is 17.6 Å². The maximum Gasteiger partial charge on any atom is 0.271 e. The van der Waals surface area contributed by atoms with Crippen molar-refractivity contribution in [2.45, 2.75) is 50.9 Å². The van der Waals surface area contributed by atoms with E-state index in [-0.39, 0.29) is 10.8 Å². The molecule has 0 saturated heterocycles. The lowest BCUT2D eigenvalue weighted by Gasteiger charge is -2.27.